The van der Waals surface area contributed by atoms with Crippen molar-refractivity contribution in [3.63, 3.8) is 0 Å². The van der Waals surface area contributed by atoms with Gasteiger partial charge in [-0.2, -0.15) is 0 Å². The van der Waals surface area contributed by atoms with E-state index in [0.717, 1.165) is 0 Å². The van der Waals surface area contributed by atoms with Gasteiger partial charge in [0, 0.05) is 0 Å². The predicted molar refractivity (Wildman–Crippen MR) is 29.5 cm³/mol. The topological polar surface area (TPSA) is 57.2 Å². The number of hydrogen-bond acceptors (Lipinski definition) is 3. The molecule has 0 spiro atoms. The second-order valence-corrected chi connectivity index (χ2v) is 4.70. The van der Waals surface area contributed by atoms with Gasteiger partial charge in [-0.15, -0.1) is 0 Å². The average Bonchev–Trinajstić information content (AvgIpc) is 1.25. The fourth-order valence-electron chi connectivity index (χ4n) is 0. The molecule has 0 fully saturated rings. The monoisotopic (exact) mass is 137 g/mol. The van der Waals surface area contributed by atoms with Crippen LogP contribution in [0.25, 0.3) is 0 Å². The molecule has 0 aromatic rings. The van der Waals surface area contributed by atoms with E-state index in [0.29, 0.717) is 0 Å². The van der Waals surface area contributed by atoms with Gasteiger partial charge in [-0.25, -0.2) is 8.42 Å². The molecular formula is C4H9O3S-. The SMILES string of the molecule is CC(C)(C)S(=O)(=O)[O-]. The molecule has 0 aliphatic heterocycles. The van der Waals surface area contributed by atoms with Gasteiger partial charge in [0.05, 0.1) is 14.9 Å². The van der Waals surface area contributed by atoms with Gasteiger partial charge in [0.1, 0.15) is 0 Å². The Hall–Kier alpha value is -0.0900. The molecule has 0 rings (SSSR count). The van der Waals surface area contributed by atoms with Crippen LogP contribution in [0.4, 0.5) is 0 Å². The molecule has 0 aromatic heterocycles. The highest BCUT2D eigenvalue weighted by Crippen LogP contribution is 2.11. The normalized spacial score (nSPS) is 14.0. The minimum Gasteiger partial charge on any atom is -0.748 e. The molecular weight excluding hydrogens is 128 g/mol. The van der Waals surface area contributed by atoms with E-state index in [9.17, 15) is 13.0 Å². The van der Waals surface area contributed by atoms with Gasteiger partial charge < -0.3 is 4.55 Å². The smallest absolute Gasteiger partial charge is 0.0996 e. The van der Waals surface area contributed by atoms with Crippen LogP contribution in [-0.4, -0.2) is 17.7 Å². The Kier molecular flexibility index (Phi) is 1.68. The summed E-state index contributed by atoms with van der Waals surface area (Å²) >= 11 is 0. The van der Waals surface area contributed by atoms with Crippen molar-refractivity contribution in [2.75, 3.05) is 0 Å². The first-order chi connectivity index (χ1) is 3.25. The third-order valence-corrected chi connectivity index (χ3v) is 2.25. The molecule has 4 heteroatoms. The number of rotatable bonds is 0. The maximum atomic E-state index is 10.1. The molecule has 0 radical (unpaired) electrons. The Morgan fingerprint density at radius 1 is 1.25 bits per heavy atom. The fraction of sp³-hybridized carbons (Fsp3) is 1.00. The first-order valence-corrected chi connectivity index (χ1v) is 3.61. The Bertz CT molecular complexity index is 160. The number of hydrogen-bond donors (Lipinski definition) is 0. The average molecular weight is 137 g/mol. The lowest BCUT2D eigenvalue weighted by molar-refractivity contribution is 0.432. The quantitative estimate of drug-likeness (QED) is 0.452. The first-order valence-electron chi connectivity index (χ1n) is 2.20. The van der Waals surface area contributed by atoms with Crippen LogP contribution in [0.2, 0.25) is 0 Å². The van der Waals surface area contributed by atoms with E-state index < -0.39 is 14.9 Å². The summed E-state index contributed by atoms with van der Waals surface area (Å²) in [6.07, 6.45) is 0. The standard InChI is InChI=1S/C4H10O3S/c1-4(2,3)8(5,6)7/h1-3H3,(H,5,6,7)/p-1. The summed E-state index contributed by atoms with van der Waals surface area (Å²) in [4.78, 5) is 0. The molecule has 0 amide bonds. The maximum Gasteiger partial charge on any atom is 0.0996 e. The minimum absolute atomic E-state index is 1.15. The summed E-state index contributed by atoms with van der Waals surface area (Å²) in [6.45, 7) is 4.11. The molecule has 8 heavy (non-hydrogen) atoms. The van der Waals surface area contributed by atoms with Crippen molar-refractivity contribution in [3.05, 3.63) is 0 Å². The maximum absolute atomic E-state index is 10.1. The molecule has 0 heterocycles. The lowest BCUT2D eigenvalue weighted by Gasteiger charge is -2.22. The highest BCUT2D eigenvalue weighted by Gasteiger charge is 2.17. The van der Waals surface area contributed by atoms with E-state index in [1.165, 1.54) is 20.8 Å². The van der Waals surface area contributed by atoms with Crippen molar-refractivity contribution in [2.24, 2.45) is 0 Å². The van der Waals surface area contributed by atoms with Crippen LogP contribution in [-0.2, 0) is 10.1 Å². The van der Waals surface area contributed by atoms with Crippen molar-refractivity contribution < 1.29 is 13.0 Å². The van der Waals surface area contributed by atoms with Gasteiger partial charge in [-0.05, 0) is 20.8 Å². The van der Waals surface area contributed by atoms with Crippen LogP contribution in [0.5, 0.6) is 0 Å². The van der Waals surface area contributed by atoms with Crippen molar-refractivity contribution in [3.8, 4) is 0 Å². The molecule has 0 saturated carbocycles. The molecule has 0 aromatic carbocycles. The van der Waals surface area contributed by atoms with Gasteiger partial charge >= 0.3 is 0 Å². The summed E-state index contributed by atoms with van der Waals surface area (Å²) in [5, 5.41) is 0. The van der Waals surface area contributed by atoms with Gasteiger partial charge in [0.15, 0.2) is 0 Å². The van der Waals surface area contributed by atoms with E-state index in [4.69, 9.17) is 0 Å². The zero-order valence-corrected chi connectivity index (χ0v) is 5.95. The molecule has 0 aliphatic carbocycles. The van der Waals surface area contributed by atoms with Gasteiger partial charge in [-0.3, -0.25) is 0 Å². The van der Waals surface area contributed by atoms with Crippen molar-refractivity contribution in [2.45, 2.75) is 25.5 Å². The van der Waals surface area contributed by atoms with Gasteiger partial charge in [0.2, 0.25) is 0 Å². The second kappa shape index (κ2) is 1.70. The van der Waals surface area contributed by atoms with E-state index >= 15 is 0 Å². The van der Waals surface area contributed by atoms with E-state index in [-0.39, 0.29) is 0 Å². The largest absolute Gasteiger partial charge is 0.748 e. The van der Waals surface area contributed by atoms with Gasteiger partial charge in [-0.1, -0.05) is 0 Å². The zero-order valence-electron chi connectivity index (χ0n) is 5.13. The Morgan fingerprint density at radius 3 is 1.38 bits per heavy atom. The van der Waals surface area contributed by atoms with Crippen molar-refractivity contribution >= 4 is 10.1 Å². The highest BCUT2D eigenvalue weighted by molar-refractivity contribution is 7.87. The summed E-state index contributed by atoms with van der Waals surface area (Å²) in [7, 11) is -4.09. The molecule has 0 unspecified atom stereocenters. The fourth-order valence-corrected chi connectivity index (χ4v) is 0. The predicted octanol–water partition coefficient (Wildman–Crippen LogP) is 0.330. The molecule has 0 atom stereocenters. The summed E-state index contributed by atoms with van der Waals surface area (Å²) in [5.41, 5.74) is 0. The Balaban J connectivity index is 4.53. The molecule has 3 nitrogen and oxygen atoms in total. The van der Waals surface area contributed by atoms with Crippen molar-refractivity contribution in [1.29, 1.82) is 0 Å². The van der Waals surface area contributed by atoms with Crippen LogP contribution in [0, 0.1) is 0 Å². The summed E-state index contributed by atoms with van der Waals surface area (Å²) in [6, 6.07) is 0. The highest BCUT2D eigenvalue weighted by atomic mass is 32.2. The van der Waals surface area contributed by atoms with Crippen LogP contribution in [0.3, 0.4) is 0 Å². The third kappa shape index (κ3) is 1.79. The van der Waals surface area contributed by atoms with Crippen LogP contribution in [0.1, 0.15) is 20.8 Å². The molecule has 0 bridgehead atoms. The second-order valence-electron chi connectivity index (χ2n) is 2.57. The van der Waals surface area contributed by atoms with Crippen LogP contribution >= 0.6 is 0 Å². The van der Waals surface area contributed by atoms with Crippen LogP contribution < -0.4 is 0 Å². The Labute approximate surface area is 49.5 Å². The van der Waals surface area contributed by atoms with E-state index in [1.54, 1.807) is 0 Å². The zero-order chi connectivity index (χ0) is 7.00. The molecule has 0 N–H and O–H groups in total. The molecule has 0 saturated heterocycles. The molecule has 50 valence electrons. The lowest BCUT2D eigenvalue weighted by atomic mass is 10.3. The summed E-state index contributed by atoms with van der Waals surface area (Å²) in [5.74, 6) is 0. The third-order valence-electron chi connectivity index (χ3n) is 0.750. The van der Waals surface area contributed by atoms with E-state index in [2.05, 4.69) is 0 Å². The first kappa shape index (κ1) is 7.91. The molecule has 0 aliphatic rings. The van der Waals surface area contributed by atoms with E-state index in [1.807, 2.05) is 0 Å². The Morgan fingerprint density at radius 2 is 1.38 bits per heavy atom. The minimum atomic E-state index is -4.09. The van der Waals surface area contributed by atoms with Crippen molar-refractivity contribution in [1.82, 2.24) is 0 Å². The van der Waals surface area contributed by atoms with Crippen LogP contribution in [0.15, 0.2) is 0 Å². The summed E-state index contributed by atoms with van der Waals surface area (Å²) < 4.78 is 29.1. The lowest BCUT2D eigenvalue weighted by Crippen LogP contribution is -2.26. The van der Waals surface area contributed by atoms with Gasteiger partial charge in [0.25, 0.3) is 0 Å².